The van der Waals surface area contributed by atoms with Crippen molar-refractivity contribution in [2.75, 3.05) is 13.2 Å². The standard InChI is InChI=1S/C10H11BrO3S/c11-7-3-9(15-6-7)4-8(12)5-10-13-1-2-14-10/h3,6,10H,1-2,4-5H2. The maximum Gasteiger partial charge on any atom is 0.164 e. The first-order valence-electron chi connectivity index (χ1n) is 4.72. The van der Waals surface area contributed by atoms with Crippen LogP contribution in [0.15, 0.2) is 15.9 Å². The van der Waals surface area contributed by atoms with Crippen molar-refractivity contribution in [3.8, 4) is 0 Å². The quantitative estimate of drug-likeness (QED) is 0.854. The topological polar surface area (TPSA) is 35.5 Å². The fourth-order valence-electron chi connectivity index (χ4n) is 1.42. The molecule has 1 aromatic heterocycles. The van der Waals surface area contributed by atoms with E-state index in [1.54, 1.807) is 11.3 Å². The van der Waals surface area contributed by atoms with E-state index in [1.165, 1.54) is 0 Å². The maximum absolute atomic E-state index is 11.6. The molecular weight excluding hydrogens is 280 g/mol. The Kier molecular flexibility index (Phi) is 3.91. The second kappa shape index (κ2) is 5.21. The van der Waals surface area contributed by atoms with E-state index < -0.39 is 0 Å². The van der Waals surface area contributed by atoms with E-state index in [2.05, 4.69) is 15.9 Å². The average molecular weight is 291 g/mol. The zero-order valence-corrected chi connectivity index (χ0v) is 10.5. The smallest absolute Gasteiger partial charge is 0.164 e. The lowest BCUT2D eigenvalue weighted by Crippen LogP contribution is -2.15. The minimum absolute atomic E-state index is 0.163. The molecule has 0 bridgehead atoms. The molecule has 5 heteroatoms. The Labute approximate surface area is 101 Å². The molecule has 0 amide bonds. The Balaban J connectivity index is 1.81. The molecule has 2 heterocycles. The van der Waals surface area contributed by atoms with Gasteiger partial charge in [-0.1, -0.05) is 0 Å². The molecule has 1 fully saturated rings. The Morgan fingerprint density at radius 3 is 2.87 bits per heavy atom. The SMILES string of the molecule is O=C(Cc1cc(Br)cs1)CC1OCCO1. The van der Waals surface area contributed by atoms with E-state index in [-0.39, 0.29) is 12.1 Å². The summed E-state index contributed by atoms with van der Waals surface area (Å²) >= 11 is 4.95. The fourth-order valence-corrected chi connectivity index (χ4v) is 2.90. The number of rotatable bonds is 4. The van der Waals surface area contributed by atoms with Crippen LogP contribution in [0, 0.1) is 0 Å². The third-order valence-corrected chi connectivity index (χ3v) is 3.78. The summed E-state index contributed by atoms with van der Waals surface area (Å²) in [6.07, 6.45) is 0.510. The summed E-state index contributed by atoms with van der Waals surface area (Å²) < 4.78 is 11.5. The van der Waals surface area contributed by atoms with Crippen LogP contribution in [0.5, 0.6) is 0 Å². The number of carbonyl (C=O) groups is 1. The van der Waals surface area contributed by atoms with Gasteiger partial charge in [0.15, 0.2) is 6.29 Å². The second-order valence-corrected chi connectivity index (χ2v) is 5.23. The van der Waals surface area contributed by atoms with Gasteiger partial charge in [-0.15, -0.1) is 11.3 Å². The van der Waals surface area contributed by atoms with Crippen molar-refractivity contribution in [1.82, 2.24) is 0 Å². The van der Waals surface area contributed by atoms with Gasteiger partial charge in [-0.05, 0) is 22.0 Å². The van der Waals surface area contributed by atoms with Gasteiger partial charge in [-0.2, -0.15) is 0 Å². The average Bonchev–Trinajstić information content (AvgIpc) is 2.77. The lowest BCUT2D eigenvalue weighted by atomic mass is 10.2. The summed E-state index contributed by atoms with van der Waals surface area (Å²) in [4.78, 5) is 12.7. The van der Waals surface area contributed by atoms with Gasteiger partial charge in [0.1, 0.15) is 5.78 Å². The van der Waals surface area contributed by atoms with E-state index in [4.69, 9.17) is 9.47 Å². The molecule has 0 aromatic carbocycles. The molecule has 0 radical (unpaired) electrons. The van der Waals surface area contributed by atoms with Gasteiger partial charge in [-0.25, -0.2) is 0 Å². The van der Waals surface area contributed by atoms with E-state index >= 15 is 0 Å². The van der Waals surface area contributed by atoms with Gasteiger partial charge < -0.3 is 9.47 Å². The molecule has 82 valence electrons. The van der Waals surface area contributed by atoms with Crippen LogP contribution >= 0.6 is 27.3 Å². The van der Waals surface area contributed by atoms with Crippen molar-refractivity contribution in [3.05, 3.63) is 20.8 Å². The summed E-state index contributed by atoms with van der Waals surface area (Å²) in [5.74, 6) is 0.163. The predicted molar refractivity (Wildman–Crippen MR) is 61.0 cm³/mol. The number of ketones is 1. The molecule has 15 heavy (non-hydrogen) atoms. The number of ether oxygens (including phenoxy) is 2. The monoisotopic (exact) mass is 290 g/mol. The van der Waals surface area contributed by atoms with Crippen LogP contribution in [0.25, 0.3) is 0 Å². The van der Waals surface area contributed by atoms with Crippen LogP contribution in [0.1, 0.15) is 11.3 Å². The highest BCUT2D eigenvalue weighted by Crippen LogP contribution is 2.21. The molecule has 3 nitrogen and oxygen atoms in total. The van der Waals surface area contributed by atoms with Crippen molar-refractivity contribution in [3.63, 3.8) is 0 Å². The molecule has 0 unspecified atom stereocenters. The predicted octanol–water partition coefficient (Wildman–Crippen LogP) is 2.39. The van der Waals surface area contributed by atoms with Crippen LogP contribution < -0.4 is 0 Å². The van der Waals surface area contributed by atoms with Gasteiger partial charge in [0.05, 0.1) is 19.6 Å². The first-order chi connectivity index (χ1) is 7.24. The lowest BCUT2D eigenvalue weighted by molar-refractivity contribution is -0.126. The normalized spacial score (nSPS) is 17.1. The highest BCUT2D eigenvalue weighted by atomic mass is 79.9. The van der Waals surface area contributed by atoms with Gasteiger partial charge in [0.2, 0.25) is 0 Å². The number of thiophene rings is 1. The number of Topliss-reactive ketones (excluding diaryl/α,β-unsaturated/α-hetero) is 1. The number of hydrogen-bond acceptors (Lipinski definition) is 4. The van der Waals surface area contributed by atoms with Crippen molar-refractivity contribution in [1.29, 1.82) is 0 Å². The van der Waals surface area contributed by atoms with Crippen LogP contribution in [-0.4, -0.2) is 25.3 Å². The van der Waals surface area contributed by atoms with Crippen LogP contribution in [0.4, 0.5) is 0 Å². The largest absolute Gasteiger partial charge is 0.350 e. The Morgan fingerprint density at radius 2 is 2.27 bits per heavy atom. The molecule has 1 aromatic rings. The van der Waals surface area contributed by atoms with Crippen molar-refractivity contribution >= 4 is 33.0 Å². The highest BCUT2D eigenvalue weighted by molar-refractivity contribution is 9.10. The highest BCUT2D eigenvalue weighted by Gasteiger charge is 2.19. The second-order valence-electron chi connectivity index (χ2n) is 3.32. The third-order valence-electron chi connectivity index (χ3n) is 2.08. The molecule has 0 saturated carbocycles. The molecule has 0 N–H and O–H groups in total. The van der Waals surface area contributed by atoms with E-state index in [9.17, 15) is 4.79 Å². The zero-order valence-electron chi connectivity index (χ0n) is 8.07. The molecule has 1 aliphatic rings. The van der Waals surface area contributed by atoms with E-state index in [0.29, 0.717) is 26.1 Å². The minimum Gasteiger partial charge on any atom is -0.350 e. The fraction of sp³-hybridized carbons (Fsp3) is 0.500. The van der Waals surface area contributed by atoms with Crippen LogP contribution in [0.2, 0.25) is 0 Å². The van der Waals surface area contributed by atoms with Crippen molar-refractivity contribution in [2.45, 2.75) is 19.1 Å². The number of halogens is 1. The Hall–Kier alpha value is -0.230. The molecule has 0 aliphatic carbocycles. The number of hydrogen-bond donors (Lipinski definition) is 0. The van der Waals surface area contributed by atoms with Gasteiger partial charge in [0, 0.05) is 21.2 Å². The summed E-state index contributed by atoms with van der Waals surface area (Å²) in [6.45, 7) is 1.20. The van der Waals surface area contributed by atoms with Crippen LogP contribution in [-0.2, 0) is 20.7 Å². The summed E-state index contributed by atoms with van der Waals surface area (Å²) in [6, 6.07) is 1.97. The van der Waals surface area contributed by atoms with Gasteiger partial charge in [-0.3, -0.25) is 4.79 Å². The van der Waals surface area contributed by atoms with Crippen molar-refractivity contribution < 1.29 is 14.3 Å². The number of carbonyl (C=O) groups excluding carboxylic acids is 1. The molecular formula is C10H11BrO3S. The van der Waals surface area contributed by atoms with E-state index in [0.717, 1.165) is 9.35 Å². The Morgan fingerprint density at radius 1 is 1.53 bits per heavy atom. The first-order valence-corrected chi connectivity index (χ1v) is 6.39. The summed E-state index contributed by atoms with van der Waals surface area (Å²) in [5, 5.41) is 1.98. The molecule has 0 spiro atoms. The van der Waals surface area contributed by atoms with Gasteiger partial charge in [0.25, 0.3) is 0 Å². The summed E-state index contributed by atoms with van der Waals surface area (Å²) in [7, 11) is 0. The molecule has 1 aliphatic heterocycles. The Bertz CT molecular complexity index is 344. The molecule has 1 saturated heterocycles. The van der Waals surface area contributed by atoms with Crippen LogP contribution in [0.3, 0.4) is 0 Å². The maximum atomic E-state index is 11.6. The summed E-state index contributed by atoms with van der Waals surface area (Å²) in [5.41, 5.74) is 0. The molecule has 0 atom stereocenters. The minimum atomic E-state index is -0.319. The molecule has 2 rings (SSSR count). The third kappa shape index (κ3) is 3.38. The first kappa shape index (κ1) is 11.3. The lowest BCUT2D eigenvalue weighted by Gasteiger charge is -2.06. The van der Waals surface area contributed by atoms with Gasteiger partial charge >= 0.3 is 0 Å². The van der Waals surface area contributed by atoms with E-state index in [1.807, 2.05) is 11.4 Å². The zero-order chi connectivity index (χ0) is 10.7. The van der Waals surface area contributed by atoms with Crippen molar-refractivity contribution in [2.24, 2.45) is 0 Å².